The van der Waals surface area contributed by atoms with Gasteiger partial charge in [-0.25, -0.2) is 26.6 Å². The van der Waals surface area contributed by atoms with Crippen LogP contribution in [-0.4, -0.2) is 99.2 Å². The molecular weight excluding hydrogens is 1240 g/mol. The van der Waals surface area contributed by atoms with Gasteiger partial charge in [-0.3, -0.25) is 48.2 Å². The van der Waals surface area contributed by atoms with Gasteiger partial charge in [-0.2, -0.15) is 0 Å². The molecule has 0 aromatic heterocycles. The number of carbonyl (C=O) groups is 8. The highest BCUT2D eigenvalue weighted by Crippen LogP contribution is 2.50. The Bertz CT molecular complexity index is 5670. The SMILES string of the molecule is C=CS(=O)(=O)c1ccc(N2C(=O)c3ccc4c5ccc6c7c(ccc(c8ccc(c3c48)C2=O)c75)C(=O)N(CCCC(C)(C)OCCC(C)(C)CN2C(=O)c3ccc4c5ccc7c8c(ccc(c9ccc(c3c49)C2=O)c85)C(=O)N(c2ccc(S(=O)(=O)C=C)cc2)C7=O)C6=O)cc1. The second kappa shape index (κ2) is 20.3. The first-order valence-electron chi connectivity index (χ1n) is 30.8. The molecule has 0 bridgehead atoms. The largest absolute Gasteiger partial charge is 0.376 e. The third-order valence-electron chi connectivity index (χ3n) is 19.7. The van der Waals surface area contributed by atoms with Gasteiger partial charge in [-0.05, 0) is 200 Å². The van der Waals surface area contributed by atoms with E-state index in [0.717, 1.165) is 74.5 Å². The van der Waals surface area contributed by atoms with Crippen LogP contribution < -0.4 is 9.80 Å². The maximum atomic E-state index is 14.7. The molecule has 12 aromatic carbocycles. The third-order valence-corrected chi connectivity index (χ3v) is 22.5. The van der Waals surface area contributed by atoms with Crippen molar-refractivity contribution in [3.63, 3.8) is 0 Å². The number of ether oxygens (including phenoxy) is 1. The predicted molar refractivity (Wildman–Crippen MR) is 364 cm³/mol. The number of hydrogen-bond acceptors (Lipinski definition) is 13. The smallest absolute Gasteiger partial charge is 0.265 e. The molecule has 0 unspecified atom stereocenters. The zero-order valence-electron chi connectivity index (χ0n) is 51.6. The van der Waals surface area contributed by atoms with Crippen molar-refractivity contribution in [2.75, 3.05) is 29.5 Å². The molecule has 4 aliphatic heterocycles. The molecule has 0 N–H and O–H groups in total. The first-order valence-corrected chi connectivity index (χ1v) is 33.9. The monoisotopic (exact) mass is 1290 g/mol. The minimum atomic E-state index is -3.75. The first-order chi connectivity index (χ1) is 45.3. The molecule has 0 atom stereocenters. The van der Waals surface area contributed by atoms with Crippen LogP contribution in [0.4, 0.5) is 11.4 Å². The highest BCUT2D eigenvalue weighted by Gasteiger charge is 2.42. The van der Waals surface area contributed by atoms with Crippen molar-refractivity contribution in [3.8, 4) is 0 Å². The highest BCUT2D eigenvalue weighted by atomic mass is 32.2. The summed E-state index contributed by atoms with van der Waals surface area (Å²) in [5.74, 6) is -3.99. The Labute approximate surface area is 542 Å². The Morgan fingerprint density at radius 1 is 0.358 bits per heavy atom. The molecule has 0 radical (unpaired) electrons. The number of imide groups is 4. The normalized spacial score (nSPS) is 15.4. The lowest BCUT2D eigenvalue weighted by atomic mass is 9.81. The van der Waals surface area contributed by atoms with E-state index in [9.17, 15) is 55.2 Å². The lowest BCUT2D eigenvalue weighted by Gasteiger charge is -2.35. The molecule has 17 nitrogen and oxygen atoms in total. The van der Waals surface area contributed by atoms with Gasteiger partial charge in [-0.15, -0.1) is 0 Å². The van der Waals surface area contributed by atoms with Crippen molar-refractivity contribution in [2.45, 2.75) is 62.3 Å². The molecule has 0 aliphatic carbocycles. The Morgan fingerprint density at radius 3 is 0.916 bits per heavy atom. The number of rotatable bonds is 16. The Hall–Kier alpha value is -10.9. The number of hydrogen-bond donors (Lipinski definition) is 0. The summed E-state index contributed by atoms with van der Waals surface area (Å²) < 4.78 is 56.2. The topological polar surface area (TPSA) is 227 Å². The number of benzene rings is 12. The van der Waals surface area contributed by atoms with Crippen LogP contribution in [0.3, 0.4) is 0 Å². The average Bonchev–Trinajstić information content (AvgIpc) is 0.696. The van der Waals surface area contributed by atoms with Gasteiger partial charge < -0.3 is 4.74 Å². The van der Waals surface area contributed by atoms with Crippen LogP contribution in [0.2, 0.25) is 0 Å². The van der Waals surface area contributed by atoms with Crippen LogP contribution in [0, 0.1) is 5.41 Å². The zero-order valence-corrected chi connectivity index (χ0v) is 53.2. The molecule has 4 heterocycles. The van der Waals surface area contributed by atoms with Gasteiger partial charge in [0.2, 0.25) is 0 Å². The number of nitrogens with zero attached hydrogens (tertiary/aromatic N) is 4. The Morgan fingerprint density at radius 2 is 0.632 bits per heavy atom. The quantitative estimate of drug-likeness (QED) is 0.0499. The maximum absolute atomic E-state index is 14.7. The fraction of sp³-hybridized carbons (Fsp3) is 0.158. The van der Waals surface area contributed by atoms with E-state index in [2.05, 4.69) is 13.2 Å². The molecule has 0 fully saturated rings. The molecule has 468 valence electrons. The van der Waals surface area contributed by atoms with Crippen LogP contribution in [0.5, 0.6) is 0 Å². The van der Waals surface area contributed by atoms with Crippen LogP contribution in [-0.2, 0) is 24.4 Å². The Kier molecular flexibility index (Phi) is 12.7. The highest BCUT2D eigenvalue weighted by molar-refractivity contribution is 7.94. The molecule has 16 rings (SSSR count). The summed E-state index contributed by atoms with van der Waals surface area (Å²) in [6, 6.07) is 39.3. The summed E-state index contributed by atoms with van der Waals surface area (Å²) in [4.78, 5) is 120. The van der Waals surface area contributed by atoms with Crippen molar-refractivity contribution >= 4 is 164 Å². The zero-order chi connectivity index (χ0) is 66.4. The molecule has 95 heavy (non-hydrogen) atoms. The molecule has 0 saturated heterocycles. The number of sulfone groups is 2. The number of fused-ring (bicyclic) bond motifs is 4. The third kappa shape index (κ3) is 8.41. The van der Waals surface area contributed by atoms with Crippen LogP contribution >= 0.6 is 0 Å². The van der Waals surface area contributed by atoms with Crippen LogP contribution in [0.1, 0.15) is 130 Å². The lowest BCUT2D eigenvalue weighted by molar-refractivity contribution is -0.0378. The molecule has 12 aromatic rings. The standard InChI is InChI=1S/C76H54N4O13S2/c1-7-94(89,90)41-14-10-39(11-15-41)79-71(85)55-30-22-47-43-18-26-51-63-52(27-19-44(59(43)63)48-23-31-56(72(79)86)65(55)61(47)48)68(82)77(67(51)81)36-9-34-76(5,6)93-37-35-75(3,4)38-78-69(83)53-28-20-45-49-24-32-57-66-58(33-25-50(62(49)66)46-21-29-54(70(78)84)64(53)60(45)46)74(88)80(73(57)87)40-12-16-42(17-13-40)95(91,92)8-2/h7-8,10-33H,1-2,9,34-38H2,3-6H3. The van der Waals surface area contributed by atoms with E-state index in [1.807, 2.05) is 76.2 Å². The van der Waals surface area contributed by atoms with E-state index >= 15 is 0 Å². The van der Waals surface area contributed by atoms with Crippen molar-refractivity contribution in [1.82, 2.24) is 9.80 Å². The minimum absolute atomic E-state index is 0.0278. The van der Waals surface area contributed by atoms with Crippen LogP contribution in [0.25, 0.3) is 86.2 Å². The summed E-state index contributed by atoms with van der Waals surface area (Å²) in [5.41, 5.74) is 1.78. The van der Waals surface area contributed by atoms with Crippen molar-refractivity contribution < 1.29 is 59.9 Å². The Balaban J connectivity index is 0.596. The fourth-order valence-electron chi connectivity index (χ4n) is 15.1. The van der Waals surface area contributed by atoms with Crippen LogP contribution in [0.15, 0.2) is 179 Å². The number of amides is 8. The molecule has 0 saturated carbocycles. The predicted octanol–water partition coefficient (Wildman–Crippen LogP) is 14.1. The summed E-state index contributed by atoms with van der Waals surface area (Å²) >= 11 is 0. The van der Waals surface area contributed by atoms with E-state index in [1.165, 1.54) is 58.3 Å². The molecular formula is C76H54N4O13S2. The van der Waals surface area contributed by atoms with E-state index in [4.69, 9.17) is 4.74 Å². The van der Waals surface area contributed by atoms with Gasteiger partial charge in [0.25, 0.3) is 47.3 Å². The lowest BCUT2D eigenvalue weighted by Crippen LogP contribution is -2.45. The van der Waals surface area contributed by atoms with E-state index in [0.29, 0.717) is 96.1 Å². The van der Waals surface area contributed by atoms with Gasteiger partial charge in [-0.1, -0.05) is 75.5 Å². The number of carbonyl (C=O) groups excluding carboxylic acids is 8. The van der Waals surface area contributed by atoms with Gasteiger partial charge in [0.15, 0.2) is 19.7 Å². The average molecular weight is 1300 g/mol. The van der Waals surface area contributed by atoms with Crippen molar-refractivity contribution in [2.24, 2.45) is 5.41 Å². The second-order valence-electron chi connectivity index (χ2n) is 26.2. The van der Waals surface area contributed by atoms with Gasteiger partial charge in [0.05, 0.1) is 26.8 Å². The van der Waals surface area contributed by atoms with Crippen molar-refractivity contribution in [3.05, 3.63) is 214 Å². The summed E-state index contributed by atoms with van der Waals surface area (Å²) in [5, 5.41) is 12.4. The van der Waals surface area contributed by atoms with E-state index in [1.54, 1.807) is 48.5 Å². The molecule has 4 aliphatic rings. The second-order valence-corrected chi connectivity index (χ2v) is 30.0. The fourth-order valence-corrected chi connectivity index (χ4v) is 16.5. The van der Waals surface area contributed by atoms with Gasteiger partial charge in [0.1, 0.15) is 0 Å². The van der Waals surface area contributed by atoms with Gasteiger partial charge in [0, 0.05) is 96.6 Å². The van der Waals surface area contributed by atoms with E-state index < -0.39 is 77.9 Å². The molecule has 19 heteroatoms. The first kappa shape index (κ1) is 59.2. The van der Waals surface area contributed by atoms with Gasteiger partial charge >= 0.3 is 0 Å². The maximum Gasteiger partial charge on any atom is 0.265 e. The number of anilines is 2. The van der Waals surface area contributed by atoms with E-state index in [-0.39, 0.29) is 40.9 Å². The van der Waals surface area contributed by atoms with Crippen molar-refractivity contribution in [1.29, 1.82) is 0 Å². The summed E-state index contributed by atoms with van der Waals surface area (Å²) in [7, 11) is -7.51. The molecule has 0 spiro atoms. The summed E-state index contributed by atoms with van der Waals surface area (Å²) in [6.07, 6.45) is 1.38. The summed E-state index contributed by atoms with van der Waals surface area (Å²) in [6.45, 7) is 15.1. The minimum Gasteiger partial charge on any atom is -0.376 e. The molecule has 8 amide bonds.